The second kappa shape index (κ2) is 4.92. The number of halogens is 4. The Labute approximate surface area is 111 Å². The summed E-state index contributed by atoms with van der Waals surface area (Å²) >= 11 is 0. The van der Waals surface area contributed by atoms with Gasteiger partial charge in [0, 0.05) is 11.8 Å². The predicted molar refractivity (Wildman–Crippen MR) is 63.5 cm³/mol. The molecule has 0 unspecified atom stereocenters. The third-order valence-electron chi connectivity index (χ3n) is 2.59. The molecule has 0 saturated carbocycles. The van der Waals surface area contributed by atoms with E-state index >= 15 is 0 Å². The number of ketones is 1. The molecule has 0 saturated heterocycles. The van der Waals surface area contributed by atoms with Crippen LogP contribution >= 0.6 is 0 Å². The van der Waals surface area contributed by atoms with E-state index in [9.17, 15) is 22.4 Å². The minimum atomic E-state index is -4.88. The maximum absolute atomic E-state index is 13.1. The number of nitrogen functional groups attached to an aromatic ring is 1. The predicted octanol–water partition coefficient (Wildman–Crippen LogP) is 3.05. The summed E-state index contributed by atoms with van der Waals surface area (Å²) in [5, 5.41) is 0. The number of hydrogen-bond donors (Lipinski definition) is 1. The Hall–Kier alpha value is -2.44. The number of anilines is 1. The maximum atomic E-state index is 13.1. The Morgan fingerprint density at radius 1 is 1.20 bits per heavy atom. The minimum Gasteiger partial charge on any atom is -0.397 e. The molecule has 0 radical (unpaired) electrons. The van der Waals surface area contributed by atoms with Crippen molar-refractivity contribution in [2.45, 2.75) is 6.18 Å². The number of alkyl halides is 3. The Morgan fingerprint density at radius 3 is 2.50 bits per heavy atom. The number of nitrogens with two attached hydrogens (primary N) is 1. The topological polar surface area (TPSA) is 56.0 Å². The van der Waals surface area contributed by atoms with Gasteiger partial charge >= 0.3 is 6.18 Å². The van der Waals surface area contributed by atoms with Gasteiger partial charge in [0.2, 0.25) is 5.78 Å². The number of pyridine rings is 1. The molecule has 20 heavy (non-hydrogen) atoms. The minimum absolute atomic E-state index is 0.0374. The van der Waals surface area contributed by atoms with E-state index in [4.69, 9.17) is 5.73 Å². The SMILES string of the molecule is Nc1cccnc1C(=O)c1ccc(F)c(C(F)(F)F)c1. The average molecular weight is 284 g/mol. The molecule has 2 rings (SSSR count). The summed E-state index contributed by atoms with van der Waals surface area (Å²) in [6, 6.07) is 4.88. The zero-order chi connectivity index (χ0) is 14.9. The number of rotatable bonds is 2. The van der Waals surface area contributed by atoms with E-state index in [0.29, 0.717) is 12.1 Å². The van der Waals surface area contributed by atoms with Crippen LogP contribution in [0.25, 0.3) is 0 Å². The van der Waals surface area contributed by atoms with Gasteiger partial charge in [-0.05, 0) is 30.3 Å². The molecule has 0 aliphatic rings. The Kier molecular flexibility index (Phi) is 3.44. The molecule has 0 atom stereocenters. The van der Waals surface area contributed by atoms with Crippen molar-refractivity contribution in [2.24, 2.45) is 0 Å². The summed E-state index contributed by atoms with van der Waals surface area (Å²) < 4.78 is 50.9. The van der Waals surface area contributed by atoms with Gasteiger partial charge in [-0.3, -0.25) is 9.78 Å². The third-order valence-corrected chi connectivity index (χ3v) is 2.59. The van der Waals surface area contributed by atoms with Crippen molar-refractivity contribution in [3.05, 3.63) is 59.2 Å². The van der Waals surface area contributed by atoms with E-state index in [0.717, 1.165) is 6.07 Å². The van der Waals surface area contributed by atoms with Gasteiger partial charge in [0.1, 0.15) is 11.5 Å². The molecule has 2 N–H and O–H groups in total. The van der Waals surface area contributed by atoms with Crippen LogP contribution in [0.3, 0.4) is 0 Å². The van der Waals surface area contributed by atoms with Crippen molar-refractivity contribution in [1.29, 1.82) is 0 Å². The standard InChI is InChI=1S/C13H8F4N2O/c14-9-4-3-7(6-8(9)13(15,16)17)12(20)11-10(18)2-1-5-19-11/h1-6H,18H2. The first-order valence-electron chi connectivity index (χ1n) is 5.42. The van der Waals surface area contributed by atoms with Crippen molar-refractivity contribution in [2.75, 3.05) is 5.73 Å². The van der Waals surface area contributed by atoms with Crippen molar-refractivity contribution in [3.63, 3.8) is 0 Å². The highest BCUT2D eigenvalue weighted by Gasteiger charge is 2.34. The fourth-order valence-electron chi connectivity index (χ4n) is 1.63. The second-order valence-electron chi connectivity index (χ2n) is 3.96. The summed E-state index contributed by atoms with van der Waals surface area (Å²) in [5.74, 6) is -2.24. The van der Waals surface area contributed by atoms with E-state index in [1.54, 1.807) is 0 Å². The van der Waals surface area contributed by atoms with Gasteiger partial charge in [0.15, 0.2) is 0 Å². The molecule has 1 aromatic carbocycles. The summed E-state index contributed by atoms with van der Waals surface area (Å²) in [6.45, 7) is 0. The molecular weight excluding hydrogens is 276 g/mol. The summed E-state index contributed by atoms with van der Waals surface area (Å²) in [6.07, 6.45) is -3.59. The van der Waals surface area contributed by atoms with E-state index in [2.05, 4.69) is 4.98 Å². The van der Waals surface area contributed by atoms with Crippen molar-refractivity contribution in [3.8, 4) is 0 Å². The molecule has 0 aliphatic heterocycles. The summed E-state index contributed by atoms with van der Waals surface area (Å²) in [5.41, 5.74) is 3.56. The smallest absolute Gasteiger partial charge is 0.397 e. The van der Waals surface area contributed by atoms with Crippen LogP contribution in [0.1, 0.15) is 21.6 Å². The van der Waals surface area contributed by atoms with E-state index in [1.807, 2.05) is 0 Å². The van der Waals surface area contributed by atoms with Gasteiger partial charge in [0.05, 0.1) is 11.3 Å². The molecule has 7 heteroatoms. The monoisotopic (exact) mass is 284 g/mol. The molecule has 0 bridgehead atoms. The first-order valence-corrected chi connectivity index (χ1v) is 5.42. The van der Waals surface area contributed by atoms with Gasteiger partial charge < -0.3 is 5.73 Å². The average Bonchev–Trinajstić information content (AvgIpc) is 2.37. The molecule has 104 valence electrons. The van der Waals surface area contributed by atoms with E-state index in [-0.39, 0.29) is 16.9 Å². The number of aromatic nitrogens is 1. The highest BCUT2D eigenvalue weighted by molar-refractivity contribution is 6.10. The van der Waals surface area contributed by atoms with Crippen LogP contribution in [-0.2, 0) is 6.18 Å². The summed E-state index contributed by atoms with van der Waals surface area (Å²) in [4.78, 5) is 15.7. The molecule has 1 heterocycles. The number of benzene rings is 1. The highest BCUT2D eigenvalue weighted by atomic mass is 19.4. The lowest BCUT2D eigenvalue weighted by Gasteiger charge is -2.10. The Balaban J connectivity index is 2.50. The van der Waals surface area contributed by atoms with Crippen LogP contribution in [-0.4, -0.2) is 10.8 Å². The van der Waals surface area contributed by atoms with Gasteiger partial charge in [-0.2, -0.15) is 13.2 Å². The quantitative estimate of drug-likeness (QED) is 0.681. The normalized spacial score (nSPS) is 11.4. The molecule has 3 nitrogen and oxygen atoms in total. The number of nitrogens with zero attached hydrogens (tertiary/aromatic N) is 1. The number of carbonyl (C=O) groups excluding carboxylic acids is 1. The molecule has 1 aromatic heterocycles. The molecule has 0 aliphatic carbocycles. The zero-order valence-electron chi connectivity index (χ0n) is 9.91. The van der Waals surface area contributed by atoms with Crippen LogP contribution in [0.5, 0.6) is 0 Å². The van der Waals surface area contributed by atoms with Crippen LogP contribution in [0.4, 0.5) is 23.2 Å². The maximum Gasteiger partial charge on any atom is 0.419 e. The van der Waals surface area contributed by atoms with E-state index < -0.39 is 23.3 Å². The first kappa shape index (κ1) is 14.0. The Bertz CT molecular complexity index is 668. The second-order valence-corrected chi connectivity index (χ2v) is 3.96. The molecule has 0 fully saturated rings. The molecular formula is C13H8F4N2O. The number of hydrogen-bond acceptors (Lipinski definition) is 3. The van der Waals surface area contributed by atoms with Crippen LogP contribution < -0.4 is 5.73 Å². The van der Waals surface area contributed by atoms with Crippen LogP contribution in [0.15, 0.2) is 36.5 Å². The summed E-state index contributed by atoms with van der Waals surface area (Å²) in [7, 11) is 0. The van der Waals surface area contributed by atoms with Crippen LogP contribution in [0.2, 0.25) is 0 Å². The van der Waals surface area contributed by atoms with Gasteiger partial charge in [-0.25, -0.2) is 4.39 Å². The van der Waals surface area contributed by atoms with Crippen LogP contribution in [0, 0.1) is 5.82 Å². The fraction of sp³-hybridized carbons (Fsp3) is 0.0769. The Morgan fingerprint density at radius 2 is 1.90 bits per heavy atom. The van der Waals surface area contributed by atoms with Gasteiger partial charge in [0.25, 0.3) is 0 Å². The highest BCUT2D eigenvalue weighted by Crippen LogP contribution is 2.32. The molecule has 0 spiro atoms. The first-order chi connectivity index (χ1) is 9.30. The lowest BCUT2D eigenvalue weighted by Crippen LogP contribution is -2.12. The zero-order valence-corrected chi connectivity index (χ0v) is 9.91. The van der Waals surface area contributed by atoms with Crippen molar-refractivity contribution in [1.82, 2.24) is 4.98 Å². The lowest BCUT2D eigenvalue weighted by molar-refractivity contribution is -0.140. The molecule has 0 amide bonds. The lowest BCUT2D eigenvalue weighted by atomic mass is 10.0. The van der Waals surface area contributed by atoms with Crippen molar-refractivity contribution < 1.29 is 22.4 Å². The third kappa shape index (κ3) is 2.61. The molecule has 2 aromatic rings. The fourth-order valence-corrected chi connectivity index (χ4v) is 1.63. The van der Waals surface area contributed by atoms with E-state index in [1.165, 1.54) is 18.3 Å². The largest absolute Gasteiger partial charge is 0.419 e. The van der Waals surface area contributed by atoms with Crippen molar-refractivity contribution >= 4 is 11.5 Å². The van der Waals surface area contributed by atoms with Gasteiger partial charge in [-0.15, -0.1) is 0 Å². The van der Waals surface area contributed by atoms with Gasteiger partial charge in [-0.1, -0.05) is 0 Å². The number of carbonyl (C=O) groups is 1.